The number of piperidine rings is 1. The van der Waals surface area contributed by atoms with E-state index < -0.39 is 0 Å². The van der Waals surface area contributed by atoms with Gasteiger partial charge in [-0.05, 0) is 38.4 Å². The summed E-state index contributed by atoms with van der Waals surface area (Å²) in [6, 6.07) is 10.5. The predicted octanol–water partition coefficient (Wildman–Crippen LogP) is 2.61. The third-order valence-electron chi connectivity index (χ3n) is 3.39. The molecule has 0 radical (unpaired) electrons. The van der Waals surface area contributed by atoms with Gasteiger partial charge in [0.05, 0.1) is 12.0 Å². The number of rotatable bonds is 4. The molecular formula is C15H20N2O. The first-order chi connectivity index (χ1) is 8.78. The first-order valence-corrected chi connectivity index (χ1v) is 6.59. The molecule has 0 saturated carbocycles. The van der Waals surface area contributed by atoms with Crippen molar-refractivity contribution < 1.29 is 4.74 Å². The topological polar surface area (TPSA) is 36.3 Å². The van der Waals surface area contributed by atoms with E-state index in [0.717, 1.165) is 38.2 Å². The summed E-state index contributed by atoms with van der Waals surface area (Å²) in [5, 5.41) is 8.93. The second kappa shape index (κ2) is 6.42. The standard InChI is InChI=1S/C15H20N2O/c1-13-4-6-15(7-5-13)18-10-9-17-8-2-3-14(11-16)12-17/h4-7,14H,2-3,8-10,12H2,1H3. The Labute approximate surface area is 109 Å². The summed E-state index contributed by atoms with van der Waals surface area (Å²) in [7, 11) is 0. The molecule has 0 bridgehead atoms. The van der Waals surface area contributed by atoms with Gasteiger partial charge in [-0.1, -0.05) is 17.7 Å². The minimum atomic E-state index is 0.207. The molecule has 1 aliphatic heterocycles. The Hall–Kier alpha value is -1.53. The van der Waals surface area contributed by atoms with Crippen molar-refractivity contribution >= 4 is 0 Å². The number of nitrogens with zero attached hydrogens (tertiary/aromatic N) is 2. The largest absolute Gasteiger partial charge is 0.492 e. The molecule has 2 rings (SSSR count). The van der Waals surface area contributed by atoms with Crippen LogP contribution in [0.25, 0.3) is 0 Å². The van der Waals surface area contributed by atoms with Gasteiger partial charge < -0.3 is 4.74 Å². The molecule has 3 nitrogen and oxygen atoms in total. The molecule has 96 valence electrons. The highest BCUT2D eigenvalue weighted by Gasteiger charge is 2.18. The first kappa shape index (κ1) is 12.9. The van der Waals surface area contributed by atoms with Crippen LogP contribution in [-0.2, 0) is 0 Å². The van der Waals surface area contributed by atoms with E-state index in [1.165, 1.54) is 5.56 Å². The van der Waals surface area contributed by atoms with Gasteiger partial charge in [-0.15, -0.1) is 0 Å². The lowest BCUT2D eigenvalue weighted by atomic mass is 10.00. The zero-order valence-corrected chi connectivity index (χ0v) is 10.9. The maximum atomic E-state index is 8.93. The molecule has 0 aliphatic carbocycles. The fourth-order valence-corrected chi connectivity index (χ4v) is 2.29. The SMILES string of the molecule is Cc1ccc(OCCN2CCCC(C#N)C2)cc1. The highest BCUT2D eigenvalue weighted by atomic mass is 16.5. The third kappa shape index (κ3) is 3.75. The molecule has 1 saturated heterocycles. The molecule has 1 aromatic carbocycles. The van der Waals surface area contributed by atoms with E-state index in [1.807, 2.05) is 12.1 Å². The summed E-state index contributed by atoms with van der Waals surface area (Å²) in [6.45, 7) is 5.66. The molecule has 0 N–H and O–H groups in total. The molecule has 1 aromatic rings. The average molecular weight is 244 g/mol. The van der Waals surface area contributed by atoms with Crippen LogP contribution >= 0.6 is 0 Å². The van der Waals surface area contributed by atoms with Crippen molar-refractivity contribution in [2.45, 2.75) is 19.8 Å². The Morgan fingerprint density at radius 3 is 2.89 bits per heavy atom. The number of benzene rings is 1. The van der Waals surface area contributed by atoms with Crippen LogP contribution in [0.15, 0.2) is 24.3 Å². The van der Waals surface area contributed by atoms with E-state index in [0.29, 0.717) is 6.61 Å². The summed E-state index contributed by atoms with van der Waals surface area (Å²) < 4.78 is 5.71. The van der Waals surface area contributed by atoms with Crippen molar-refractivity contribution in [1.29, 1.82) is 5.26 Å². The van der Waals surface area contributed by atoms with Gasteiger partial charge in [0.2, 0.25) is 0 Å². The molecule has 1 atom stereocenters. The molecule has 1 heterocycles. The van der Waals surface area contributed by atoms with Crippen molar-refractivity contribution in [3.63, 3.8) is 0 Å². The summed E-state index contributed by atoms with van der Waals surface area (Å²) in [4.78, 5) is 2.32. The number of hydrogen-bond acceptors (Lipinski definition) is 3. The van der Waals surface area contributed by atoms with Crippen LogP contribution in [0.5, 0.6) is 5.75 Å². The van der Waals surface area contributed by atoms with Gasteiger partial charge in [-0.25, -0.2) is 0 Å². The molecule has 3 heteroatoms. The lowest BCUT2D eigenvalue weighted by molar-refractivity contribution is 0.164. The second-order valence-corrected chi connectivity index (χ2v) is 4.93. The first-order valence-electron chi connectivity index (χ1n) is 6.59. The van der Waals surface area contributed by atoms with Gasteiger partial charge in [0.1, 0.15) is 12.4 Å². The Morgan fingerprint density at radius 1 is 1.39 bits per heavy atom. The van der Waals surface area contributed by atoms with Crippen LogP contribution in [-0.4, -0.2) is 31.1 Å². The third-order valence-corrected chi connectivity index (χ3v) is 3.39. The zero-order chi connectivity index (χ0) is 12.8. The van der Waals surface area contributed by atoms with Crippen LogP contribution in [0.3, 0.4) is 0 Å². The predicted molar refractivity (Wildman–Crippen MR) is 71.5 cm³/mol. The highest BCUT2D eigenvalue weighted by molar-refractivity contribution is 5.26. The fraction of sp³-hybridized carbons (Fsp3) is 0.533. The second-order valence-electron chi connectivity index (χ2n) is 4.93. The normalized spacial score (nSPS) is 20.3. The van der Waals surface area contributed by atoms with Crippen LogP contribution in [0, 0.1) is 24.2 Å². The van der Waals surface area contributed by atoms with Crippen LogP contribution in [0.4, 0.5) is 0 Å². The van der Waals surface area contributed by atoms with Gasteiger partial charge in [0.15, 0.2) is 0 Å². The smallest absolute Gasteiger partial charge is 0.119 e. The van der Waals surface area contributed by atoms with Gasteiger partial charge in [-0.2, -0.15) is 5.26 Å². The van der Waals surface area contributed by atoms with Crippen LogP contribution < -0.4 is 4.74 Å². The molecule has 1 unspecified atom stereocenters. The minimum absolute atomic E-state index is 0.207. The summed E-state index contributed by atoms with van der Waals surface area (Å²) >= 11 is 0. The van der Waals surface area contributed by atoms with E-state index in [-0.39, 0.29) is 5.92 Å². The Kier molecular flexibility index (Phi) is 4.60. The lowest BCUT2D eigenvalue weighted by Crippen LogP contribution is -2.37. The van der Waals surface area contributed by atoms with Crippen LogP contribution in [0.1, 0.15) is 18.4 Å². The fourth-order valence-electron chi connectivity index (χ4n) is 2.29. The van der Waals surface area contributed by atoms with Crippen molar-refractivity contribution in [3.8, 4) is 11.8 Å². The number of ether oxygens (including phenoxy) is 1. The number of likely N-dealkylation sites (tertiary alicyclic amines) is 1. The van der Waals surface area contributed by atoms with Crippen molar-refractivity contribution in [3.05, 3.63) is 29.8 Å². The lowest BCUT2D eigenvalue weighted by Gasteiger charge is -2.29. The van der Waals surface area contributed by atoms with Gasteiger partial charge in [0, 0.05) is 13.1 Å². The molecule has 0 amide bonds. The number of aryl methyl sites for hydroxylation is 1. The summed E-state index contributed by atoms with van der Waals surface area (Å²) in [5.74, 6) is 1.13. The van der Waals surface area contributed by atoms with E-state index in [1.54, 1.807) is 0 Å². The Morgan fingerprint density at radius 2 is 2.17 bits per heavy atom. The maximum Gasteiger partial charge on any atom is 0.119 e. The number of nitriles is 1. The summed E-state index contributed by atoms with van der Waals surface area (Å²) in [5.41, 5.74) is 1.25. The Balaban J connectivity index is 1.72. The average Bonchev–Trinajstić information content (AvgIpc) is 2.41. The number of hydrogen-bond donors (Lipinski definition) is 0. The van der Waals surface area contributed by atoms with Gasteiger partial charge >= 0.3 is 0 Å². The van der Waals surface area contributed by atoms with Crippen molar-refractivity contribution in [2.75, 3.05) is 26.2 Å². The van der Waals surface area contributed by atoms with Crippen LogP contribution in [0.2, 0.25) is 0 Å². The van der Waals surface area contributed by atoms with Gasteiger partial charge in [0.25, 0.3) is 0 Å². The van der Waals surface area contributed by atoms with E-state index in [4.69, 9.17) is 10.00 Å². The molecule has 1 aliphatic rings. The van der Waals surface area contributed by atoms with E-state index in [9.17, 15) is 0 Å². The van der Waals surface area contributed by atoms with E-state index >= 15 is 0 Å². The molecule has 0 spiro atoms. The van der Waals surface area contributed by atoms with Crippen molar-refractivity contribution in [2.24, 2.45) is 5.92 Å². The minimum Gasteiger partial charge on any atom is -0.492 e. The monoisotopic (exact) mass is 244 g/mol. The van der Waals surface area contributed by atoms with Gasteiger partial charge in [-0.3, -0.25) is 4.90 Å². The van der Waals surface area contributed by atoms with Crippen molar-refractivity contribution in [1.82, 2.24) is 4.90 Å². The summed E-state index contributed by atoms with van der Waals surface area (Å²) in [6.07, 6.45) is 2.18. The molecule has 18 heavy (non-hydrogen) atoms. The molecule has 1 fully saturated rings. The quantitative estimate of drug-likeness (QED) is 0.817. The Bertz CT molecular complexity index is 407. The maximum absolute atomic E-state index is 8.93. The van der Waals surface area contributed by atoms with E-state index in [2.05, 4.69) is 30.0 Å². The highest BCUT2D eigenvalue weighted by Crippen LogP contribution is 2.15. The zero-order valence-electron chi connectivity index (χ0n) is 10.9. The molecular weight excluding hydrogens is 224 g/mol. The molecule has 0 aromatic heterocycles.